The summed E-state index contributed by atoms with van der Waals surface area (Å²) >= 11 is 0. The van der Waals surface area contributed by atoms with Crippen molar-refractivity contribution >= 4 is 11.8 Å². The van der Waals surface area contributed by atoms with Gasteiger partial charge in [0.1, 0.15) is 5.82 Å². The van der Waals surface area contributed by atoms with Crippen LogP contribution in [0.5, 0.6) is 0 Å². The van der Waals surface area contributed by atoms with E-state index in [1.165, 1.54) is 0 Å². The van der Waals surface area contributed by atoms with Crippen LogP contribution in [0, 0.1) is 6.92 Å². The zero-order chi connectivity index (χ0) is 12.5. The molecular formula is C12H20N4O. The van der Waals surface area contributed by atoms with Gasteiger partial charge in [-0.1, -0.05) is 6.08 Å². The molecule has 1 heterocycles. The summed E-state index contributed by atoms with van der Waals surface area (Å²) in [4.78, 5) is 8.66. The third-order valence-electron chi connectivity index (χ3n) is 2.09. The lowest BCUT2D eigenvalue weighted by molar-refractivity contribution is 0.197. The van der Waals surface area contributed by atoms with Gasteiger partial charge in [0.2, 0.25) is 5.95 Å². The van der Waals surface area contributed by atoms with Gasteiger partial charge in [-0.25, -0.2) is 4.98 Å². The number of ether oxygens (including phenoxy) is 1. The Balaban J connectivity index is 2.52. The minimum absolute atomic E-state index is 0.646. The zero-order valence-corrected chi connectivity index (χ0v) is 10.5. The lowest BCUT2D eigenvalue weighted by Crippen LogP contribution is -2.10. The maximum absolute atomic E-state index is 4.98. The molecule has 0 saturated heterocycles. The molecule has 0 fully saturated rings. The summed E-state index contributed by atoms with van der Waals surface area (Å²) in [5.41, 5.74) is 0.931. The number of nitrogens with zero attached hydrogens (tertiary/aromatic N) is 2. The van der Waals surface area contributed by atoms with Crippen LogP contribution in [0.25, 0.3) is 0 Å². The van der Waals surface area contributed by atoms with Gasteiger partial charge in [0.05, 0.1) is 0 Å². The van der Waals surface area contributed by atoms with E-state index in [4.69, 9.17) is 4.74 Å². The summed E-state index contributed by atoms with van der Waals surface area (Å²) < 4.78 is 4.98. The first-order valence-electron chi connectivity index (χ1n) is 5.69. The fourth-order valence-electron chi connectivity index (χ4n) is 1.33. The van der Waals surface area contributed by atoms with Gasteiger partial charge in [-0.15, -0.1) is 6.58 Å². The van der Waals surface area contributed by atoms with Crippen LogP contribution in [-0.4, -0.2) is 36.8 Å². The average molecular weight is 236 g/mol. The summed E-state index contributed by atoms with van der Waals surface area (Å²) in [5, 5.41) is 6.31. The van der Waals surface area contributed by atoms with Crippen molar-refractivity contribution in [3.8, 4) is 0 Å². The Hall–Kier alpha value is -1.62. The lowest BCUT2D eigenvalue weighted by atomic mass is 10.4. The standard InChI is InChI=1S/C12H20N4O/c1-4-6-13-11-9-10(2)15-12(16-11)14-7-5-8-17-3/h4,9H,1,5-8H2,2-3H3,(H2,13,14,15,16). The fourth-order valence-corrected chi connectivity index (χ4v) is 1.33. The maximum Gasteiger partial charge on any atom is 0.224 e. The first-order chi connectivity index (χ1) is 8.26. The van der Waals surface area contributed by atoms with Crippen LogP contribution in [0.4, 0.5) is 11.8 Å². The van der Waals surface area contributed by atoms with E-state index in [1.54, 1.807) is 13.2 Å². The van der Waals surface area contributed by atoms with Gasteiger partial charge in [-0.2, -0.15) is 4.98 Å². The predicted molar refractivity (Wildman–Crippen MR) is 70.4 cm³/mol. The molecule has 0 unspecified atom stereocenters. The van der Waals surface area contributed by atoms with E-state index in [-0.39, 0.29) is 0 Å². The summed E-state index contributed by atoms with van der Waals surface area (Å²) in [5.74, 6) is 1.46. The molecule has 5 nitrogen and oxygen atoms in total. The Morgan fingerprint density at radius 2 is 2.24 bits per heavy atom. The quantitative estimate of drug-likeness (QED) is 0.532. The minimum atomic E-state index is 0.646. The molecule has 2 N–H and O–H groups in total. The smallest absolute Gasteiger partial charge is 0.224 e. The van der Waals surface area contributed by atoms with E-state index in [2.05, 4.69) is 27.2 Å². The second kappa shape index (κ2) is 7.62. The van der Waals surface area contributed by atoms with Gasteiger partial charge in [0, 0.05) is 38.6 Å². The van der Waals surface area contributed by atoms with Crippen LogP contribution < -0.4 is 10.6 Å². The molecule has 0 aromatic carbocycles. The van der Waals surface area contributed by atoms with Crippen molar-refractivity contribution in [2.45, 2.75) is 13.3 Å². The topological polar surface area (TPSA) is 59.1 Å². The highest BCUT2D eigenvalue weighted by molar-refractivity contribution is 5.42. The third-order valence-corrected chi connectivity index (χ3v) is 2.09. The number of hydrogen-bond acceptors (Lipinski definition) is 5. The van der Waals surface area contributed by atoms with E-state index in [0.29, 0.717) is 12.5 Å². The van der Waals surface area contributed by atoms with E-state index in [0.717, 1.165) is 31.1 Å². The maximum atomic E-state index is 4.98. The highest BCUT2D eigenvalue weighted by atomic mass is 16.5. The molecule has 0 amide bonds. The lowest BCUT2D eigenvalue weighted by Gasteiger charge is -2.08. The van der Waals surface area contributed by atoms with E-state index in [1.807, 2.05) is 13.0 Å². The van der Waals surface area contributed by atoms with Gasteiger partial charge in [-0.3, -0.25) is 0 Å². The average Bonchev–Trinajstić information content (AvgIpc) is 2.31. The van der Waals surface area contributed by atoms with Crippen molar-refractivity contribution in [2.75, 3.05) is 37.4 Å². The predicted octanol–water partition coefficient (Wildman–Crippen LogP) is 1.83. The highest BCUT2D eigenvalue weighted by Crippen LogP contribution is 2.09. The molecule has 94 valence electrons. The largest absolute Gasteiger partial charge is 0.385 e. The number of hydrogen-bond donors (Lipinski definition) is 2. The van der Waals surface area contributed by atoms with E-state index < -0.39 is 0 Å². The van der Waals surface area contributed by atoms with Crippen molar-refractivity contribution in [3.05, 3.63) is 24.4 Å². The van der Waals surface area contributed by atoms with Crippen LogP contribution >= 0.6 is 0 Å². The first kappa shape index (κ1) is 13.4. The molecule has 0 aliphatic rings. The van der Waals surface area contributed by atoms with Crippen molar-refractivity contribution in [2.24, 2.45) is 0 Å². The van der Waals surface area contributed by atoms with E-state index in [9.17, 15) is 0 Å². The number of nitrogens with one attached hydrogen (secondary N) is 2. The van der Waals surface area contributed by atoms with Crippen LogP contribution in [-0.2, 0) is 4.74 Å². The molecule has 1 aromatic rings. The molecule has 5 heteroatoms. The molecule has 1 rings (SSSR count). The number of anilines is 2. The van der Waals surface area contributed by atoms with Crippen molar-refractivity contribution < 1.29 is 4.74 Å². The van der Waals surface area contributed by atoms with Crippen molar-refractivity contribution in [1.82, 2.24) is 9.97 Å². The van der Waals surface area contributed by atoms with Crippen LogP contribution in [0.3, 0.4) is 0 Å². The molecule has 0 aliphatic carbocycles. The Kier molecular flexibility index (Phi) is 6.03. The Labute approximate surface area is 102 Å². The van der Waals surface area contributed by atoms with Crippen molar-refractivity contribution in [3.63, 3.8) is 0 Å². The fraction of sp³-hybridized carbons (Fsp3) is 0.500. The van der Waals surface area contributed by atoms with Crippen LogP contribution in [0.2, 0.25) is 0 Å². The SMILES string of the molecule is C=CCNc1cc(C)nc(NCCCOC)n1. The molecule has 0 radical (unpaired) electrons. The molecule has 0 aliphatic heterocycles. The van der Waals surface area contributed by atoms with Crippen molar-refractivity contribution in [1.29, 1.82) is 0 Å². The normalized spacial score (nSPS) is 10.0. The molecule has 1 aromatic heterocycles. The van der Waals surface area contributed by atoms with Gasteiger partial charge < -0.3 is 15.4 Å². The molecular weight excluding hydrogens is 216 g/mol. The van der Waals surface area contributed by atoms with Gasteiger partial charge in [0.15, 0.2) is 0 Å². The number of aryl methyl sites for hydroxylation is 1. The van der Waals surface area contributed by atoms with Crippen LogP contribution in [0.15, 0.2) is 18.7 Å². The summed E-state index contributed by atoms with van der Waals surface area (Å²) in [6.07, 6.45) is 2.73. The second-order valence-corrected chi connectivity index (χ2v) is 3.66. The van der Waals surface area contributed by atoms with E-state index >= 15 is 0 Å². The van der Waals surface area contributed by atoms with Gasteiger partial charge in [-0.05, 0) is 13.3 Å². The highest BCUT2D eigenvalue weighted by Gasteiger charge is 2.00. The second-order valence-electron chi connectivity index (χ2n) is 3.66. The van der Waals surface area contributed by atoms with Gasteiger partial charge >= 0.3 is 0 Å². The third kappa shape index (κ3) is 5.31. The number of methoxy groups -OCH3 is 1. The minimum Gasteiger partial charge on any atom is -0.385 e. The summed E-state index contributed by atoms with van der Waals surface area (Å²) in [6.45, 7) is 7.84. The van der Waals surface area contributed by atoms with Crippen LogP contribution in [0.1, 0.15) is 12.1 Å². The Bertz CT molecular complexity index is 354. The Morgan fingerprint density at radius 3 is 2.94 bits per heavy atom. The van der Waals surface area contributed by atoms with Gasteiger partial charge in [0.25, 0.3) is 0 Å². The first-order valence-corrected chi connectivity index (χ1v) is 5.69. The Morgan fingerprint density at radius 1 is 1.41 bits per heavy atom. The molecule has 0 bridgehead atoms. The zero-order valence-electron chi connectivity index (χ0n) is 10.5. The number of rotatable bonds is 8. The molecule has 0 saturated carbocycles. The summed E-state index contributed by atoms with van der Waals surface area (Å²) in [7, 11) is 1.69. The molecule has 0 spiro atoms. The number of aromatic nitrogens is 2. The molecule has 0 atom stereocenters. The summed E-state index contributed by atoms with van der Waals surface area (Å²) in [6, 6.07) is 1.91. The molecule has 17 heavy (non-hydrogen) atoms. The monoisotopic (exact) mass is 236 g/mol.